The molecular weight excluding hydrogens is 216 g/mol. The molecule has 0 aromatic heterocycles. The molecule has 17 heavy (non-hydrogen) atoms. The van der Waals surface area contributed by atoms with E-state index in [4.69, 9.17) is 5.73 Å². The normalized spacial score (nSPS) is 12.9. The van der Waals surface area contributed by atoms with E-state index in [9.17, 15) is 4.79 Å². The van der Waals surface area contributed by atoms with Gasteiger partial charge in [0.05, 0.1) is 6.21 Å². The molecule has 0 radical (unpaired) electrons. The van der Waals surface area contributed by atoms with Gasteiger partial charge in [0.15, 0.2) is 0 Å². The summed E-state index contributed by atoms with van der Waals surface area (Å²) in [5, 5.41) is 3.69. The Morgan fingerprint density at radius 3 is 2.47 bits per heavy atom. The first-order valence-electron chi connectivity index (χ1n) is 5.35. The minimum absolute atomic E-state index is 0.365. The Kier molecular flexibility index (Phi) is 4.66. The van der Waals surface area contributed by atoms with Gasteiger partial charge in [0.25, 0.3) is 0 Å². The lowest BCUT2D eigenvalue weighted by Crippen LogP contribution is -2.24. The van der Waals surface area contributed by atoms with Crippen LogP contribution >= 0.6 is 0 Å². The first-order valence-corrected chi connectivity index (χ1v) is 5.35. The van der Waals surface area contributed by atoms with Gasteiger partial charge in [0, 0.05) is 6.04 Å². The summed E-state index contributed by atoms with van der Waals surface area (Å²) in [7, 11) is 4.08. The van der Waals surface area contributed by atoms with Crippen molar-refractivity contribution in [1.82, 2.24) is 10.3 Å². The number of rotatable bonds is 4. The molecule has 1 unspecified atom stereocenters. The molecule has 0 aliphatic rings. The zero-order valence-electron chi connectivity index (χ0n) is 10.3. The molecule has 0 saturated heterocycles. The van der Waals surface area contributed by atoms with Gasteiger partial charge in [-0.05, 0) is 32.1 Å². The number of nitrogens with zero attached hydrogens (tertiary/aromatic N) is 2. The van der Waals surface area contributed by atoms with E-state index in [-0.39, 0.29) is 0 Å². The van der Waals surface area contributed by atoms with E-state index in [0.29, 0.717) is 6.04 Å². The summed E-state index contributed by atoms with van der Waals surface area (Å²) in [6.07, 6.45) is 1.55. The van der Waals surface area contributed by atoms with E-state index in [1.807, 2.05) is 38.4 Å². The van der Waals surface area contributed by atoms with E-state index >= 15 is 0 Å². The van der Waals surface area contributed by atoms with Crippen molar-refractivity contribution in [2.24, 2.45) is 10.8 Å². The van der Waals surface area contributed by atoms with Crippen LogP contribution in [0.15, 0.2) is 29.4 Å². The number of hydrogen-bond acceptors (Lipinski definition) is 3. The molecular formula is C12H18N4O. The molecule has 0 saturated carbocycles. The fourth-order valence-corrected chi connectivity index (χ4v) is 1.33. The van der Waals surface area contributed by atoms with Gasteiger partial charge in [0.2, 0.25) is 0 Å². The maximum atomic E-state index is 10.4. The minimum Gasteiger partial charge on any atom is -0.350 e. The highest BCUT2D eigenvalue weighted by atomic mass is 16.2. The Balaban J connectivity index is 2.68. The van der Waals surface area contributed by atoms with E-state index in [2.05, 4.69) is 22.4 Å². The third kappa shape index (κ3) is 4.24. The SMILES string of the molecule is CC(c1ccc(C=NNC(N)=O)cc1)N(C)C. The number of amides is 2. The van der Waals surface area contributed by atoms with Crippen LogP contribution < -0.4 is 11.2 Å². The largest absolute Gasteiger partial charge is 0.350 e. The average Bonchev–Trinajstić information content (AvgIpc) is 2.28. The van der Waals surface area contributed by atoms with Crippen molar-refractivity contribution >= 4 is 12.2 Å². The zero-order valence-corrected chi connectivity index (χ0v) is 10.3. The van der Waals surface area contributed by atoms with E-state index < -0.39 is 6.03 Å². The molecule has 0 bridgehead atoms. The van der Waals surface area contributed by atoms with E-state index in [1.54, 1.807) is 6.21 Å². The summed E-state index contributed by atoms with van der Waals surface area (Å²) in [4.78, 5) is 12.5. The van der Waals surface area contributed by atoms with Crippen molar-refractivity contribution in [2.45, 2.75) is 13.0 Å². The van der Waals surface area contributed by atoms with Gasteiger partial charge >= 0.3 is 6.03 Å². The summed E-state index contributed by atoms with van der Waals surface area (Å²) in [6.45, 7) is 2.14. The summed E-state index contributed by atoms with van der Waals surface area (Å²) in [6, 6.07) is 7.67. The van der Waals surface area contributed by atoms with Crippen LogP contribution in [0.3, 0.4) is 0 Å². The zero-order chi connectivity index (χ0) is 12.8. The summed E-state index contributed by atoms with van der Waals surface area (Å²) in [5.41, 5.74) is 9.18. The Hall–Kier alpha value is -1.88. The van der Waals surface area contributed by atoms with Crippen molar-refractivity contribution in [2.75, 3.05) is 14.1 Å². The second-order valence-electron chi connectivity index (χ2n) is 4.04. The summed E-state index contributed by atoms with van der Waals surface area (Å²) >= 11 is 0. The first kappa shape index (κ1) is 13.2. The van der Waals surface area contributed by atoms with Crippen LogP contribution in [0.5, 0.6) is 0 Å². The smallest absolute Gasteiger partial charge is 0.332 e. The molecule has 0 fully saturated rings. The van der Waals surface area contributed by atoms with Gasteiger partial charge in [-0.1, -0.05) is 24.3 Å². The van der Waals surface area contributed by atoms with Crippen LogP contribution in [0, 0.1) is 0 Å². The number of carbonyl (C=O) groups excluding carboxylic acids is 1. The van der Waals surface area contributed by atoms with Crippen LogP contribution in [0.25, 0.3) is 0 Å². The van der Waals surface area contributed by atoms with Gasteiger partial charge in [0.1, 0.15) is 0 Å². The van der Waals surface area contributed by atoms with Gasteiger partial charge < -0.3 is 10.6 Å². The Labute approximate surface area is 101 Å². The molecule has 3 N–H and O–H groups in total. The Bertz CT molecular complexity index is 397. The molecule has 0 aliphatic carbocycles. The fraction of sp³-hybridized carbons (Fsp3) is 0.333. The molecule has 1 atom stereocenters. The quantitative estimate of drug-likeness (QED) is 0.609. The van der Waals surface area contributed by atoms with Gasteiger partial charge in [-0.25, -0.2) is 10.2 Å². The monoisotopic (exact) mass is 234 g/mol. The Morgan fingerprint density at radius 1 is 1.41 bits per heavy atom. The molecule has 0 heterocycles. The first-order chi connectivity index (χ1) is 8.00. The Morgan fingerprint density at radius 2 is 2.00 bits per heavy atom. The highest BCUT2D eigenvalue weighted by Crippen LogP contribution is 2.16. The molecule has 0 aliphatic heterocycles. The molecule has 1 aromatic rings. The molecule has 5 nitrogen and oxygen atoms in total. The number of nitrogens with one attached hydrogen (secondary N) is 1. The lowest BCUT2D eigenvalue weighted by atomic mass is 10.1. The molecule has 1 rings (SSSR count). The maximum absolute atomic E-state index is 10.4. The predicted molar refractivity (Wildman–Crippen MR) is 68.9 cm³/mol. The number of benzene rings is 1. The number of carbonyl (C=O) groups is 1. The van der Waals surface area contributed by atoms with Crippen molar-refractivity contribution in [3.63, 3.8) is 0 Å². The van der Waals surface area contributed by atoms with Crippen molar-refractivity contribution in [3.05, 3.63) is 35.4 Å². The summed E-state index contributed by atoms with van der Waals surface area (Å²) < 4.78 is 0. The molecule has 92 valence electrons. The van der Waals surface area contributed by atoms with Gasteiger partial charge in [-0.2, -0.15) is 5.10 Å². The molecule has 5 heteroatoms. The van der Waals surface area contributed by atoms with Crippen molar-refractivity contribution < 1.29 is 4.79 Å². The van der Waals surface area contributed by atoms with Crippen LogP contribution in [0.1, 0.15) is 24.1 Å². The van der Waals surface area contributed by atoms with Crippen LogP contribution in [0.4, 0.5) is 4.79 Å². The number of primary amides is 1. The third-order valence-electron chi connectivity index (χ3n) is 2.58. The van der Waals surface area contributed by atoms with E-state index in [1.165, 1.54) is 5.56 Å². The van der Waals surface area contributed by atoms with Crippen LogP contribution in [-0.4, -0.2) is 31.2 Å². The van der Waals surface area contributed by atoms with E-state index in [0.717, 1.165) is 5.56 Å². The van der Waals surface area contributed by atoms with Crippen LogP contribution in [0.2, 0.25) is 0 Å². The molecule has 1 aromatic carbocycles. The minimum atomic E-state index is -0.667. The number of hydrogen-bond donors (Lipinski definition) is 2. The number of hydrazone groups is 1. The maximum Gasteiger partial charge on any atom is 0.332 e. The summed E-state index contributed by atoms with van der Waals surface area (Å²) in [5.74, 6) is 0. The lowest BCUT2D eigenvalue weighted by Gasteiger charge is -2.19. The van der Waals surface area contributed by atoms with Crippen molar-refractivity contribution in [1.29, 1.82) is 0 Å². The third-order valence-corrected chi connectivity index (χ3v) is 2.58. The lowest BCUT2D eigenvalue weighted by molar-refractivity contribution is 0.249. The average molecular weight is 234 g/mol. The topological polar surface area (TPSA) is 70.7 Å². The van der Waals surface area contributed by atoms with Crippen molar-refractivity contribution in [3.8, 4) is 0 Å². The van der Waals surface area contributed by atoms with Crippen LogP contribution in [-0.2, 0) is 0 Å². The highest BCUT2D eigenvalue weighted by Gasteiger charge is 2.06. The second-order valence-corrected chi connectivity index (χ2v) is 4.04. The number of nitrogens with two attached hydrogens (primary N) is 1. The molecule has 0 spiro atoms. The molecule has 2 amide bonds. The van der Waals surface area contributed by atoms with Gasteiger partial charge in [-0.15, -0.1) is 0 Å². The van der Waals surface area contributed by atoms with Gasteiger partial charge in [-0.3, -0.25) is 0 Å². The fourth-order valence-electron chi connectivity index (χ4n) is 1.33. The predicted octanol–water partition coefficient (Wildman–Crippen LogP) is 1.31. The highest BCUT2D eigenvalue weighted by molar-refractivity contribution is 5.81. The standard InChI is InChI=1S/C12H18N4O/c1-9(16(2)3)11-6-4-10(5-7-11)8-14-15-12(13)17/h4-9H,1-3H3,(H3,13,15,17). The second kappa shape index (κ2) is 6.00. The number of urea groups is 1.